The fraction of sp³-hybridized carbons (Fsp3) is 0.762. The molecule has 0 rings (SSSR count). The molecule has 10 N–H and O–H groups in total. The molecule has 0 aliphatic rings. The fourth-order valence-corrected chi connectivity index (χ4v) is 3.83. The Morgan fingerprint density at radius 2 is 1.29 bits per heavy atom. The van der Waals surface area contributed by atoms with E-state index in [-0.39, 0.29) is 31.3 Å². The number of thioether (sulfide) groups is 2. The number of nitrogens with one attached hydrogen (secondary N) is 3. The molecule has 0 aliphatic heterocycles. The number of hydrogen-bond donors (Lipinski definition) is 7. The predicted molar refractivity (Wildman–Crippen MR) is 142 cm³/mol. The maximum atomic E-state index is 13.1. The Labute approximate surface area is 215 Å². The fourth-order valence-electron chi connectivity index (χ4n) is 2.89. The Hall–Kier alpha value is -2.19. The molecule has 0 aromatic carbocycles. The zero-order valence-electron chi connectivity index (χ0n) is 20.9. The number of aliphatic imine (C=N–C) groups is 1. The molecule has 0 aromatic heterocycles. The van der Waals surface area contributed by atoms with Crippen LogP contribution in [0, 0.1) is 5.92 Å². The summed E-state index contributed by atoms with van der Waals surface area (Å²) in [5.41, 5.74) is 16.6. The van der Waals surface area contributed by atoms with Crippen LogP contribution in [0.15, 0.2) is 4.99 Å². The average molecular weight is 536 g/mol. The van der Waals surface area contributed by atoms with Crippen molar-refractivity contribution in [1.29, 1.82) is 0 Å². The summed E-state index contributed by atoms with van der Waals surface area (Å²) in [4.78, 5) is 53.9. The van der Waals surface area contributed by atoms with Gasteiger partial charge in [0.15, 0.2) is 5.96 Å². The number of hydrogen-bond acceptors (Lipinski definition) is 8. The third kappa shape index (κ3) is 14.1. The molecule has 202 valence electrons. The summed E-state index contributed by atoms with van der Waals surface area (Å²) in [5, 5.41) is 17.3. The quantitative estimate of drug-likeness (QED) is 0.0650. The minimum atomic E-state index is -1.16. The Balaban J connectivity index is 5.56. The first kappa shape index (κ1) is 32.8. The maximum Gasteiger partial charge on any atom is 0.326 e. The van der Waals surface area contributed by atoms with Crippen molar-refractivity contribution in [1.82, 2.24) is 16.0 Å². The molecular weight excluding hydrogens is 494 g/mol. The van der Waals surface area contributed by atoms with Gasteiger partial charge in [-0.2, -0.15) is 23.5 Å². The summed E-state index contributed by atoms with van der Waals surface area (Å²) < 4.78 is 0. The zero-order valence-corrected chi connectivity index (χ0v) is 22.5. The van der Waals surface area contributed by atoms with E-state index in [0.29, 0.717) is 24.3 Å². The number of carboxylic acid groups (broad SMARTS) is 1. The Kier molecular flexibility index (Phi) is 17.0. The minimum absolute atomic E-state index is 0.0978. The standard InChI is InChI=1S/C21H41N7O5S2/c1-12(2)16(22)19(31)27-14(7-10-34-3)18(30)26-13(6-5-9-25-21(23)24)17(29)28-15(20(32)33)8-11-35-4/h12-16H,5-11,22H2,1-4H3,(H,26,30)(H,27,31)(H,28,29)(H,32,33)(H4,23,24,25). The highest BCUT2D eigenvalue weighted by molar-refractivity contribution is 7.98. The number of guanidine groups is 1. The van der Waals surface area contributed by atoms with Crippen molar-refractivity contribution < 1.29 is 24.3 Å². The lowest BCUT2D eigenvalue weighted by atomic mass is 10.0. The smallest absolute Gasteiger partial charge is 0.326 e. The molecule has 3 amide bonds. The number of aliphatic carboxylic acids is 1. The van der Waals surface area contributed by atoms with Crippen LogP contribution in [0.2, 0.25) is 0 Å². The molecule has 0 bridgehead atoms. The van der Waals surface area contributed by atoms with E-state index in [1.54, 1.807) is 13.8 Å². The highest BCUT2D eigenvalue weighted by Crippen LogP contribution is 2.08. The van der Waals surface area contributed by atoms with Crippen LogP contribution < -0.4 is 33.2 Å². The third-order valence-electron chi connectivity index (χ3n) is 5.07. The van der Waals surface area contributed by atoms with Crippen molar-refractivity contribution in [3.63, 3.8) is 0 Å². The van der Waals surface area contributed by atoms with Gasteiger partial charge < -0.3 is 38.3 Å². The predicted octanol–water partition coefficient (Wildman–Crippen LogP) is -0.931. The van der Waals surface area contributed by atoms with Crippen LogP contribution >= 0.6 is 23.5 Å². The first-order valence-electron chi connectivity index (χ1n) is 11.4. The van der Waals surface area contributed by atoms with Crippen molar-refractivity contribution in [2.45, 2.75) is 63.7 Å². The molecule has 0 aliphatic carbocycles. The molecule has 35 heavy (non-hydrogen) atoms. The lowest BCUT2D eigenvalue weighted by molar-refractivity contribution is -0.142. The van der Waals surface area contributed by atoms with Crippen molar-refractivity contribution >= 4 is 53.2 Å². The van der Waals surface area contributed by atoms with E-state index < -0.39 is 47.9 Å². The number of carbonyl (C=O) groups is 4. The van der Waals surface area contributed by atoms with Crippen molar-refractivity contribution in [2.75, 3.05) is 30.6 Å². The van der Waals surface area contributed by atoms with E-state index in [2.05, 4.69) is 20.9 Å². The molecule has 0 saturated carbocycles. The van der Waals surface area contributed by atoms with Crippen LogP contribution in [0.5, 0.6) is 0 Å². The molecule has 4 atom stereocenters. The van der Waals surface area contributed by atoms with Gasteiger partial charge in [0, 0.05) is 6.54 Å². The number of nitrogens with zero attached hydrogens (tertiary/aromatic N) is 1. The summed E-state index contributed by atoms with van der Waals surface area (Å²) >= 11 is 2.96. The maximum absolute atomic E-state index is 13.1. The Morgan fingerprint density at radius 1 is 0.829 bits per heavy atom. The van der Waals surface area contributed by atoms with Gasteiger partial charge in [-0.1, -0.05) is 13.8 Å². The van der Waals surface area contributed by atoms with Gasteiger partial charge in [0.05, 0.1) is 6.04 Å². The average Bonchev–Trinajstić information content (AvgIpc) is 2.79. The first-order valence-corrected chi connectivity index (χ1v) is 14.2. The van der Waals surface area contributed by atoms with Gasteiger partial charge in [0.1, 0.15) is 18.1 Å². The lowest BCUT2D eigenvalue weighted by Gasteiger charge is -2.25. The van der Waals surface area contributed by atoms with Crippen LogP contribution in [0.25, 0.3) is 0 Å². The van der Waals surface area contributed by atoms with Crippen LogP contribution in [-0.4, -0.2) is 89.5 Å². The molecular formula is C21H41N7O5S2. The molecule has 0 aromatic rings. The van der Waals surface area contributed by atoms with Crippen molar-refractivity contribution in [2.24, 2.45) is 28.1 Å². The molecule has 14 heteroatoms. The summed E-state index contributed by atoms with van der Waals surface area (Å²) in [7, 11) is 0. The second-order valence-electron chi connectivity index (χ2n) is 8.30. The SMILES string of the molecule is CSCCC(NC(=O)C(CCCN=C(N)N)NC(=O)C(CCSC)NC(=O)C(N)C(C)C)C(=O)O. The molecule has 12 nitrogen and oxygen atoms in total. The molecule has 0 radical (unpaired) electrons. The van der Waals surface area contributed by atoms with Gasteiger partial charge in [0.2, 0.25) is 17.7 Å². The van der Waals surface area contributed by atoms with Gasteiger partial charge in [-0.3, -0.25) is 19.4 Å². The second kappa shape index (κ2) is 18.1. The molecule has 0 fully saturated rings. The Morgan fingerprint density at radius 3 is 1.74 bits per heavy atom. The van der Waals surface area contributed by atoms with Crippen LogP contribution in [0.3, 0.4) is 0 Å². The monoisotopic (exact) mass is 535 g/mol. The minimum Gasteiger partial charge on any atom is -0.480 e. The van der Waals surface area contributed by atoms with Gasteiger partial charge >= 0.3 is 5.97 Å². The largest absolute Gasteiger partial charge is 0.480 e. The van der Waals surface area contributed by atoms with Gasteiger partial charge in [-0.25, -0.2) is 4.79 Å². The van der Waals surface area contributed by atoms with E-state index in [1.807, 2.05) is 12.5 Å². The van der Waals surface area contributed by atoms with Crippen LogP contribution in [-0.2, 0) is 19.2 Å². The number of carbonyl (C=O) groups excluding carboxylic acids is 3. The van der Waals surface area contributed by atoms with Gasteiger partial charge in [-0.15, -0.1) is 0 Å². The number of amides is 3. The number of carboxylic acids is 1. The summed E-state index contributed by atoms with van der Waals surface area (Å²) in [5.74, 6) is -1.90. The Bertz CT molecular complexity index is 720. The highest BCUT2D eigenvalue weighted by Gasteiger charge is 2.30. The third-order valence-corrected chi connectivity index (χ3v) is 6.36. The lowest BCUT2D eigenvalue weighted by Crippen LogP contribution is -2.57. The van der Waals surface area contributed by atoms with Crippen LogP contribution in [0.4, 0.5) is 0 Å². The highest BCUT2D eigenvalue weighted by atomic mass is 32.2. The molecule has 4 unspecified atom stereocenters. The van der Waals surface area contributed by atoms with E-state index >= 15 is 0 Å². The van der Waals surface area contributed by atoms with Gasteiger partial charge in [0.25, 0.3) is 0 Å². The summed E-state index contributed by atoms with van der Waals surface area (Å²) in [6.45, 7) is 3.83. The molecule has 0 heterocycles. The molecule has 0 saturated heterocycles. The summed E-state index contributed by atoms with van der Waals surface area (Å²) in [6, 6.07) is -3.83. The van der Waals surface area contributed by atoms with Crippen LogP contribution in [0.1, 0.15) is 39.5 Å². The normalized spacial score (nSPS) is 14.3. The topological polar surface area (TPSA) is 215 Å². The van der Waals surface area contributed by atoms with E-state index in [9.17, 15) is 24.3 Å². The van der Waals surface area contributed by atoms with Gasteiger partial charge in [-0.05, 0) is 55.6 Å². The number of rotatable bonds is 18. The van der Waals surface area contributed by atoms with E-state index in [1.165, 1.54) is 23.5 Å². The first-order chi connectivity index (χ1) is 16.4. The molecule has 0 spiro atoms. The van der Waals surface area contributed by atoms with E-state index in [0.717, 1.165) is 0 Å². The zero-order chi connectivity index (χ0) is 27.0. The van der Waals surface area contributed by atoms with Crippen molar-refractivity contribution in [3.05, 3.63) is 0 Å². The van der Waals surface area contributed by atoms with E-state index in [4.69, 9.17) is 17.2 Å². The second-order valence-corrected chi connectivity index (χ2v) is 10.3. The summed E-state index contributed by atoms with van der Waals surface area (Å²) in [6.07, 6.45) is 4.80. The number of nitrogens with two attached hydrogens (primary N) is 3. The van der Waals surface area contributed by atoms with Crippen molar-refractivity contribution in [3.8, 4) is 0 Å².